The molecule has 7 aliphatic heterocycles. The van der Waals surface area contributed by atoms with Crippen molar-refractivity contribution in [2.24, 2.45) is 34.6 Å². The van der Waals surface area contributed by atoms with Gasteiger partial charge >= 0.3 is 0 Å². The van der Waals surface area contributed by atoms with Crippen molar-refractivity contribution < 1.29 is 22.0 Å². The molecular formula is C35H62F2N8O3S. The van der Waals surface area contributed by atoms with Gasteiger partial charge in [-0.2, -0.15) is 4.31 Å². The highest BCUT2D eigenvalue weighted by atomic mass is 32.2. The number of carbonyl (C=O) groups is 1. The molecule has 14 heteroatoms. The number of hydrogen-bond acceptors (Lipinski definition) is 9. The number of nitrogens with two attached hydrogens (primary N) is 2. The van der Waals surface area contributed by atoms with Crippen molar-refractivity contribution in [1.29, 1.82) is 0 Å². The minimum atomic E-state index is -3.46. The average molecular weight is 713 g/mol. The van der Waals surface area contributed by atoms with Crippen molar-refractivity contribution >= 4 is 15.9 Å². The molecule has 8 aliphatic rings. The second-order valence-corrected chi connectivity index (χ2v) is 18.8. The van der Waals surface area contributed by atoms with E-state index in [1.165, 1.54) is 6.42 Å². The van der Waals surface area contributed by atoms with E-state index in [4.69, 9.17) is 11.5 Å². The molecule has 1 aliphatic carbocycles. The number of carbonyl (C=O) groups excluding carboxylic acids is 1. The van der Waals surface area contributed by atoms with Gasteiger partial charge < -0.3 is 27.0 Å². The van der Waals surface area contributed by atoms with E-state index in [2.05, 4.69) is 32.3 Å². The summed E-state index contributed by atoms with van der Waals surface area (Å²) < 4.78 is 60.8. The summed E-state index contributed by atoms with van der Waals surface area (Å²) in [5.74, 6) is -0.340. The summed E-state index contributed by atoms with van der Waals surface area (Å²) in [7, 11) is -3.46. The van der Waals surface area contributed by atoms with Crippen LogP contribution in [-0.2, 0) is 14.8 Å². The first-order valence-electron chi connectivity index (χ1n) is 19.5. The maximum atomic E-state index is 15.9. The van der Waals surface area contributed by atoms with Crippen LogP contribution >= 0.6 is 0 Å². The number of amides is 1. The lowest BCUT2D eigenvalue weighted by Crippen LogP contribution is -2.70. The van der Waals surface area contributed by atoms with Crippen molar-refractivity contribution in [1.82, 2.24) is 29.6 Å². The van der Waals surface area contributed by atoms with Gasteiger partial charge in [-0.25, -0.2) is 17.2 Å². The summed E-state index contributed by atoms with van der Waals surface area (Å²) in [6.07, 6.45) is 6.28. The number of hydrogen-bond donors (Lipinski definition) is 4. The molecule has 0 spiro atoms. The lowest BCUT2D eigenvalue weighted by atomic mass is 9.52. The zero-order valence-corrected chi connectivity index (χ0v) is 30.3. The molecule has 4 bridgehead atoms. The molecule has 11 nitrogen and oxygen atoms in total. The predicted octanol–water partition coefficient (Wildman–Crippen LogP) is 1.23. The Morgan fingerprint density at radius 2 is 1.65 bits per heavy atom. The Morgan fingerprint density at radius 3 is 2.31 bits per heavy atom. The van der Waals surface area contributed by atoms with Crippen LogP contribution in [-0.4, -0.2) is 147 Å². The summed E-state index contributed by atoms with van der Waals surface area (Å²) >= 11 is 0. The Hall–Kier alpha value is -1.00. The highest BCUT2D eigenvalue weighted by molar-refractivity contribution is 7.89. The normalized spacial score (nSPS) is 42.3. The average Bonchev–Trinajstić information content (AvgIpc) is 3.39. The van der Waals surface area contributed by atoms with Gasteiger partial charge in [-0.15, -0.1) is 0 Å². The molecule has 8 fully saturated rings. The van der Waals surface area contributed by atoms with Gasteiger partial charge in [-0.1, -0.05) is 32.6 Å². The summed E-state index contributed by atoms with van der Waals surface area (Å²) in [5, 5.41) is 5.93. The SMILES string of the molecule is CCC12CCC(F)C[N@](CC1)C(C(C(=O)NC1CNCC(F)C1N1CCC(S(=O)(=O)N3CCN4CCC3CC4)CC1)C(N)N)[C@@H]2C1CCC1. The van der Waals surface area contributed by atoms with E-state index >= 15 is 8.78 Å². The van der Waals surface area contributed by atoms with Crippen molar-refractivity contribution in [3.05, 3.63) is 0 Å². The molecular weight excluding hydrogens is 651 g/mol. The molecule has 49 heavy (non-hydrogen) atoms. The predicted molar refractivity (Wildman–Crippen MR) is 186 cm³/mol. The number of fused-ring (bicyclic) bond motifs is 7. The van der Waals surface area contributed by atoms with Gasteiger partial charge in [0.2, 0.25) is 15.9 Å². The fourth-order valence-electron chi connectivity index (χ4n) is 11.4. The van der Waals surface area contributed by atoms with Crippen LogP contribution in [0.25, 0.3) is 0 Å². The van der Waals surface area contributed by atoms with Gasteiger partial charge in [0, 0.05) is 44.8 Å². The van der Waals surface area contributed by atoms with E-state index in [-0.39, 0.29) is 35.9 Å². The number of halogens is 2. The summed E-state index contributed by atoms with van der Waals surface area (Å²) in [6.45, 7) is 8.00. The number of alkyl halides is 2. The Labute approximate surface area is 292 Å². The van der Waals surface area contributed by atoms with Crippen LogP contribution in [0.5, 0.6) is 0 Å². The van der Waals surface area contributed by atoms with Gasteiger partial charge in [-0.05, 0) is 94.9 Å². The van der Waals surface area contributed by atoms with Crippen molar-refractivity contribution in [3.8, 4) is 0 Å². The molecule has 280 valence electrons. The maximum absolute atomic E-state index is 15.9. The number of sulfonamides is 1. The van der Waals surface area contributed by atoms with E-state index in [9.17, 15) is 13.2 Å². The molecule has 0 aromatic carbocycles. The third-order valence-corrected chi connectivity index (χ3v) is 16.7. The third kappa shape index (κ3) is 6.95. The molecule has 9 atom stereocenters. The van der Waals surface area contributed by atoms with Crippen LogP contribution in [0, 0.1) is 23.2 Å². The van der Waals surface area contributed by atoms with E-state index in [1.807, 2.05) is 0 Å². The van der Waals surface area contributed by atoms with Gasteiger partial charge in [-0.3, -0.25) is 14.6 Å². The second kappa shape index (κ2) is 14.8. The van der Waals surface area contributed by atoms with Crippen LogP contribution in [0.15, 0.2) is 0 Å². The third-order valence-electron chi connectivity index (χ3n) is 14.3. The molecule has 7 heterocycles. The van der Waals surface area contributed by atoms with Gasteiger partial charge in [0.15, 0.2) is 0 Å². The van der Waals surface area contributed by atoms with Crippen LogP contribution < -0.4 is 22.1 Å². The van der Waals surface area contributed by atoms with Crippen molar-refractivity contribution in [2.45, 2.75) is 125 Å². The smallest absolute Gasteiger partial charge is 0.227 e. The van der Waals surface area contributed by atoms with Crippen molar-refractivity contribution in [3.63, 3.8) is 0 Å². The van der Waals surface area contributed by atoms with Gasteiger partial charge in [0.25, 0.3) is 0 Å². The second-order valence-electron chi connectivity index (χ2n) is 16.7. The lowest BCUT2D eigenvalue weighted by Gasteiger charge is -2.60. The number of nitrogens with zero attached hydrogens (tertiary/aromatic N) is 4. The largest absolute Gasteiger partial charge is 0.350 e. The topological polar surface area (TPSA) is 140 Å². The Kier molecular flexibility index (Phi) is 11.0. The molecule has 8 rings (SSSR count). The molecule has 0 aromatic heterocycles. The first-order chi connectivity index (χ1) is 23.5. The lowest BCUT2D eigenvalue weighted by molar-refractivity contribution is -0.146. The number of rotatable bonds is 9. The molecule has 0 radical (unpaired) electrons. The Balaban J connectivity index is 1.07. The monoisotopic (exact) mass is 712 g/mol. The first-order valence-corrected chi connectivity index (χ1v) is 21.0. The number of likely N-dealkylation sites (tertiary alicyclic amines) is 1. The minimum absolute atomic E-state index is 0.0431. The molecule has 6 N–H and O–H groups in total. The number of piperidine rings is 4. The van der Waals surface area contributed by atoms with Crippen molar-refractivity contribution in [2.75, 3.05) is 65.4 Å². The summed E-state index contributed by atoms with van der Waals surface area (Å²) in [4.78, 5) is 21.1. The summed E-state index contributed by atoms with van der Waals surface area (Å²) in [6, 6.07) is -1.30. The minimum Gasteiger partial charge on any atom is -0.350 e. The van der Waals surface area contributed by atoms with Crippen LogP contribution in [0.4, 0.5) is 8.78 Å². The van der Waals surface area contributed by atoms with E-state index in [0.29, 0.717) is 57.9 Å². The fourth-order valence-corrected chi connectivity index (χ4v) is 13.5. The van der Waals surface area contributed by atoms with Crippen LogP contribution in [0.3, 0.4) is 0 Å². The first kappa shape index (κ1) is 36.4. The van der Waals surface area contributed by atoms with E-state index < -0.39 is 51.8 Å². The molecule has 0 aromatic rings. The standard InChI is InChI=1S/C35H62F2N8O3S/c1-2-35-11-6-24(36)22-44(17-12-35)32(30(35)23-4-3-5-23)29(33(38)39)34(46)41-28-21-40-20-27(37)31(28)43-15-9-26(10-16-43)49(47,48)45-19-18-42-13-7-25(45)8-14-42/h23-33,40H,2-22,38-39H2,1H3,(H,41,46)/t24?,27?,28?,29?,30-,31?,32?,35?/m0/s1. The maximum Gasteiger partial charge on any atom is 0.227 e. The molecule has 1 amide bonds. The highest BCUT2D eigenvalue weighted by Gasteiger charge is 2.57. The quantitative estimate of drug-likeness (QED) is 0.260. The molecule has 7 unspecified atom stereocenters. The van der Waals surface area contributed by atoms with Crippen LogP contribution in [0.2, 0.25) is 0 Å². The highest BCUT2D eigenvalue weighted by Crippen LogP contribution is 2.56. The Bertz CT molecular complexity index is 1260. The zero-order chi connectivity index (χ0) is 34.5. The fraction of sp³-hybridized carbons (Fsp3) is 0.971. The zero-order valence-electron chi connectivity index (χ0n) is 29.5. The van der Waals surface area contributed by atoms with E-state index in [1.54, 1.807) is 4.31 Å². The molecule has 1 saturated carbocycles. The Morgan fingerprint density at radius 1 is 0.918 bits per heavy atom. The number of nitrogens with one attached hydrogen (secondary N) is 2. The van der Waals surface area contributed by atoms with Gasteiger partial charge in [0.1, 0.15) is 12.3 Å². The van der Waals surface area contributed by atoms with Crippen LogP contribution in [0.1, 0.15) is 77.6 Å². The van der Waals surface area contributed by atoms with E-state index in [0.717, 1.165) is 71.1 Å². The summed E-state index contributed by atoms with van der Waals surface area (Å²) in [5.41, 5.74) is 13.0. The van der Waals surface area contributed by atoms with Gasteiger partial charge in [0.05, 0.1) is 29.4 Å². The molecule has 7 saturated heterocycles.